The zero-order valence-corrected chi connectivity index (χ0v) is 35.5. The minimum atomic E-state index is -2.81. The van der Waals surface area contributed by atoms with Gasteiger partial charge in [-0.05, 0) is 0 Å². The van der Waals surface area contributed by atoms with Crippen molar-refractivity contribution >= 4 is 165 Å². The average Bonchev–Trinajstić information content (AvgIpc) is 2.56. The quantitative estimate of drug-likeness (QED) is 0.242. The fourth-order valence-corrected chi connectivity index (χ4v) is 0. The summed E-state index contributed by atoms with van der Waals surface area (Å²) in [5, 5.41) is 0. The van der Waals surface area contributed by atoms with Crippen molar-refractivity contribution in [2.24, 2.45) is 0 Å². The fraction of sp³-hybridized carbons (Fsp3) is 0. The van der Waals surface area contributed by atoms with Crippen molar-refractivity contribution in [1.82, 2.24) is 0 Å². The molecule has 0 spiro atoms. The van der Waals surface area contributed by atoms with Gasteiger partial charge < -0.3 is 66.9 Å². The van der Waals surface area contributed by atoms with Gasteiger partial charge in [0, 0.05) is 0 Å². The van der Waals surface area contributed by atoms with E-state index in [1.807, 2.05) is 0 Å². The summed E-state index contributed by atoms with van der Waals surface area (Å²) < 4.78 is 65.7. The van der Waals surface area contributed by atoms with Crippen molar-refractivity contribution < 1.29 is 66.9 Å². The Bertz CT molecular complexity index is 294. The number of rotatable bonds is 5. The van der Waals surface area contributed by atoms with Crippen LogP contribution in [0.2, 0.25) is 0 Å². The van der Waals surface area contributed by atoms with Crippen molar-refractivity contribution in [1.29, 1.82) is 0 Å². The zero-order valence-electron chi connectivity index (χ0n) is 14.9. The molecule has 0 unspecified atom stereocenters. The Hall–Kier alpha value is 1.27. The molecule has 27 heavy (non-hydrogen) atoms. The second-order valence-corrected chi connectivity index (χ2v) is 12.9. The third-order valence-electron chi connectivity index (χ3n) is 0.833. The standard InChI is InChI=1S/Al.Ba.5H3O3Si2/c;;5*1-5(2)3-4/h;;5*4H3/q+3;+2;5*-1. The van der Waals surface area contributed by atoms with Gasteiger partial charge in [-0.1, -0.05) is 0 Å². The first-order valence-corrected chi connectivity index (χ1v) is 15.3. The molecule has 27 heteroatoms. The van der Waals surface area contributed by atoms with E-state index in [0.717, 1.165) is 0 Å². The maximum atomic E-state index is 9.25. The molecule has 0 radical (unpaired) electrons. The van der Waals surface area contributed by atoms with Crippen LogP contribution in [0, 0.1) is 0 Å². The third kappa shape index (κ3) is 137. The molecule has 0 aliphatic carbocycles. The van der Waals surface area contributed by atoms with Crippen LogP contribution >= 0.6 is 0 Å². The van der Waals surface area contributed by atoms with E-state index < -0.39 is 45.9 Å². The Balaban J connectivity index is -0.0000000364. The SMILES string of the molecule is O=[Si]([O-])O[SiH3].O=[Si]([O-])O[SiH3].O=[Si]([O-])O[SiH3].O=[Si]([O-])O[SiH3].O=[Si]([O-])O[SiH3].[Al+3].[Ba+2]. The Morgan fingerprint density at radius 1 is 0.444 bits per heavy atom. The van der Waals surface area contributed by atoms with Crippen LogP contribution in [0.5, 0.6) is 0 Å². The van der Waals surface area contributed by atoms with Crippen molar-refractivity contribution in [3.63, 3.8) is 0 Å². The summed E-state index contributed by atoms with van der Waals surface area (Å²) in [4.78, 5) is 46.3. The minimum absolute atomic E-state index is 0. The Kier molecular flexibility index (Phi) is 71.6. The molecular formula is H15AlBaO15Si10. The number of hydrogen-bond donors (Lipinski definition) is 0. The molecule has 0 aliphatic heterocycles. The molecule has 0 fully saturated rings. The van der Waals surface area contributed by atoms with Gasteiger partial charge in [0.1, 0.15) is 52.4 Å². The topological polar surface area (TPSA) is 247 Å². The van der Waals surface area contributed by atoms with Crippen LogP contribution in [0.15, 0.2) is 0 Å². The van der Waals surface area contributed by atoms with Gasteiger partial charge >= 0.3 is 112 Å². The summed E-state index contributed by atoms with van der Waals surface area (Å²) in [6.07, 6.45) is 0. The van der Waals surface area contributed by atoms with Crippen LogP contribution < -0.4 is 24.0 Å². The van der Waals surface area contributed by atoms with E-state index in [1.165, 1.54) is 0 Å². The molecule has 0 rings (SSSR count). The zero-order chi connectivity index (χ0) is 21.4. The summed E-state index contributed by atoms with van der Waals surface area (Å²) in [6, 6.07) is 0. The molecule has 0 aromatic carbocycles. The maximum Gasteiger partial charge on any atom is 3.00 e. The van der Waals surface area contributed by atoms with Crippen LogP contribution in [0.1, 0.15) is 0 Å². The molecule has 15 nitrogen and oxygen atoms in total. The molecule has 0 bridgehead atoms. The predicted octanol–water partition coefficient (Wildman–Crippen LogP) is -15.5. The monoisotopic (exact) mass is 700 g/mol. The first-order valence-electron chi connectivity index (χ1n) is 5.10. The van der Waals surface area contributed by atoms with Gasteiger partial charge in [0.2, 0.25) is 0 Å². The van der Waals surface area contributed by atoms with Crippen molar-refractivity contribution in [2.75, 3.05) is 0 Å². The van der Waals surface area contributed by atoms with Gasteiger partial charge in [0.15, 0.2) is 0 Å². The third-order valence-corrected chi connectivity index (χ3v) is 7.50. The molecule has 0 amide bonds. The summed E-state index contributed by atoms with van der Waals surface area (Å²) in [5.74, 6) is 0. The van der Waals surface area contributed by atoms with Crippen molar-refractivity contribution in [2.45, 2.75) is 0 Å². The second-order valence-electron chi connectivity index (χ2n) is 2.27. The molecule has 0 heterocycles. The van der Waals surface area contributed by atoms with E-state index >= 15 is 0 Å². The summed E-state index contributed by atoms with van der Waals surface area (Å²) in [5.41, 5.74) is 0. The largest absolute Gasteiger partial charge is 3.00 e. The summed E-state index contributed by atoms with van der Waals surface area (Å²) in [6.45, 7) is 0. The Morgan fingerprint density at radius 3 is 0.481 bits per heavy atom. The molecule has 0 saturated carbocycles. The molecule has 0 atom stereocenters. The Labute approximate surface area is 228 Å². The second kappa shape index (κ2) is 41.6. The van der Waals surface area contributed by atoms with Gasteiger partial charge in [-0.3, -0.25) is 0 Å². The van der Waals surface area contributed by atoms with E-state index in [0.29, 0.717) is 52.4 Å². The average molecular weight is 700 g/mol. The molecule has 0 aromatic rings. The molecular weight excluding hydrogens is 685 g/mol. The van der Waals surface area contributed by atoms with E-state index in [2.05, 4.69) is 20.6 Å². The molecule has 150 valence electrons. The molecule has 0 N–H and O–H groups in total. The minimum Gasteiger partial charge on any atom is -0.629 e. The molecule has 0 aliphatic rings. The normalized spacial score (nSPS) is 6.67. The van der Waals surface area contributed by atoms with Crippen LogP contribution in [0.4, 0.5) is 0 Å². The maximum absolute atomic E-state index is 9.25. The van der Waals surface area contributed by atoms with E-state index in [1.54, 1.807) is 0 Å². The van der Waals surface area contributed by atoms with E-state index in [9.17, 15) is 46.3 Å². The van der Waals surface area contributed by atoms with Crippen LogP contribution in [0.25, 0.3) is 0 Å². The van der Waals surface area contributed by atoms with E-state index in [4.69, 9.17) is 0 Å². The molecule has 0 aromatic heterocycles. The molecule has 0 saturated heterocycles. The van der Waals surface area contributed by atoms with Gasteiger partial charge in [0.05, 0.1) is 0 Å². The fourth-order valence-electron chi connectivity index (χ4n) is 0. The van der Waals surface area contributed by atoms with Crippen molar-refractivity contribution in [3.8, 4) is 0 Å². The van der Waals surface area contributed by atoms with Crippen molar-refractivity contribution in [3.05, 3.63) is 0 Å². The van der Waals surface area contributed by atoms with Gasteiger partial charge in [-0.15, -0.1) is 0 Å². The van der Waals surface area contributed by atoms with Crippen LogP contribution in [0.3, 0.4) is 0 Å². The predicted molar refractivity (Wildman–Crippen MR) is 98.8 cm³/mol. The Morgan fingerprint density at radius 2 is 0.481 bits per heavy atom. The van der Waals surface area contributed by atoms with Gasteiger partial charge in [-0.25, -0.2) is 0 Å². The van der Waals surface area contributed by atoms with Gasteiger partial charge in [-0.2, -0.15) is 0 Å². The van der Waals surface area contributed by atoms with Gasteiger partial charge in [0.25, 0.3) is 0 Å². The summed E-state index contributed by atoms with van der Waals surface area (Å²) >= 11 is 0. The van der Waals surface area contributed by atoms with Crippen LogP contribution in [-0.4, -0.2) is 165 Å². The van der Waals surface area contributed by atoms with E-state index in [-0.39, 0.29) is 66.2 Å². The summed E-state index contributed by atoms with van der Waals surface area (Å²) in [7, 11) is -12.6. The van der Waals surface area contributed by atoms with Crippen LogP contribution in [-0.2, 0) is 42.9 Å². The number of hydrogen-bond acceptors (Lipinski definition) is 15. The first-order chi connectivity index (χ1) is 11.4. The first kappa shape index (κ1) is 46.5. The smallest absolute Gasteiger partial charge is 0.629 e.